The Balaban J connectivity index is 1.50. The number of nitrogens with one attached hydrogen (secondary N) is 1. The Kier molecular flexibility index (Phi) is 3.85. The van der Waals surface area contributed by atoms with Crippen LogP contribution < -0.4 is 14.8 Å². The number of fused-ring (bicyclic) bond motifs is 1. The highest BCUT2D eigenvalue weighted by Crippen LogP contribution is 2.32. The summed E-state index contributed by atoms with van der Waals surface area (Å²) in [6.07, 6.45) is 1.28. The first kappa shape index (κ1) is 15.3. The van der Waals surface area contributed by atoms with Crippen LogP contribution in [-0.2, 0) is 6.54 Å². The summed E-state index contributed by atoms with van der Waals surface area (Å²) in [5.41, 5.74) is 3.09. The van der Waals surface area contributed by atoms with Gasteiger partial charge in [0, 0.05) is 12.1 Å². The summed E-state index contributed by atoms with van der Waals surface area (Å²) in [6.45, 7) is 2.57. The largest absolute Gasteiger partial charge is 0.454 e. The van der Waals surface area contributed by atoms with Gasteiger partial charge in [-0.25, -0.2) is 4.98 Å². The molecular formula is C19H16N2O4. The first-order valence-corrected chi connectivity index (χ1v) is 7.88. The zero-order valence-corrected chi connectivity index (χ0v) is 13.6. The second kappa shape index (κ2) is 6.32. The van der Waals surface area contributed by atoms with Crippen LogP contribution in [0.4, 0.5) is 0 Å². The molecule has 0 aliphatic carbocycles. The van der Waals surface area contributed by atoms with Crippen molar-refractivity contribution in [1.82, 2.24) is 10.3 Å². The molecule has 0 radical (unpaired) electrons. The van der Waals surface area contributed by atoms with Crippen molar-refractivity contribution >= 4 is 5.91 Å². The van der Waals surface area contributed by atoms with Gasteiger partial charge in [0.15, 0.2) is 29.3 Å². The molecular weight excluding hydrogens is 320 g/mol. The molecule has 0 saturated heterocycles. The smallest absolute Gasteiger partial charge is 0.274 e. The molecule has 1 aliphatic heterocycles. The molecule has 0 spiro atoms. The minimum atomic E-state index is -0.289. The van der Waals surface area contributed by atoms with Crippen molar-refractivity contribution in [3.05, 3.63) is 65.7 Å². The SMILES string of the molecule is Cc1cccc(-c2ocnc2C(=O)NCc2ccc3c(c2)OCO3)c1. The second-order valence-corrected chi connectivity index (χ2v) is 5.77. The Morgan fingerprint density at radius 3 is 2.92 bits per heavy atom. The van der Waals surface area contributed by atoms with Crippen LogP contribution in [0.2, 0.25) is 0 Å². The third-order valence-electron chi connectivity index (χ3n) is 3.95. The number of rotatable bonds is 4. The monoisotopic (exact) mass is 336 g/mol. The summed E-state index contributed by atoms with van der Waals surface area (Å²) in [7, 11) is 0. The Labute approximate surface area is 144 Å². The standard InChI is InChI=1S/C19H16N2O4/c1-12-3-2-4-14(7-12)18-17(21-10-23-18)19(22)20-9-13-5-6-15-16(8-13)25-11-24-15/h2-8,10H,9,11H2,1H3,(H,20,22). The van der Waals surface area contributed by atoms with E-state index in [0.29, 0.717) is 23.8 Å². The predicted octanol–water partition coefficient (Wildman–Crippen LogP) is 3.31. The highest BCUT2D eigenvalue weighted by molar-refractivity contribution is 5.97. The molecule has 0 saturated carbocycles. The van der Waals surface area contributed by atoms with E-state index in [4.69, 9.17) is 13.9 Å². The van der Waals surface area contributed by atoms with Crippen molar-refractivity contribution in [3.8, 4) is 22.8 Å². The van der Waals surface area contributed by atoms with Crippen LogP contribution in [0.25, 0.3) is 11.3 Å². The molecule has 1 aliphatic rings. The molecule has 2 aromatic carbocycles. The number of aromatic nitrogens is 1. The van der Waals surface area contributed by atoms with E-state index >= 15 is 0 Å². The molecule has 126 valence electrons. The minimum Gasteiger partial charge on any atom is -0.454 e. The number of hydrogen-bond donors (Lipinski definition) is 1. The lowest BCUT2D eigenvalue weighted by molar-refractivity contribution is 0.0946. The van der Waals surface area contributed by atoms with Gasteiger partial charge in [-0.3, -0.25) is 4.79 Å². The van der Waals surface area contributed by atoms with Gasteiger partial charge in [0.25, 0.3) is 5.91 Å². The summed E-state index contributed by atoms with van der Waals surface area (Å²) in [5, 5.41) is 2.86. The molecule has 1 aromatic heterocycles. The lowest BCUT2D eigenvalue weighted by Crippen LogP contribution is -2.23. The molecule has 4 rings (SSSR count). The van der Waals surface area contributed by atoms with E-state index < -0.39 is 0 Å². The van der Waals surface area contributed by atoms with Crippen LogP contribution in [0, 0.1) is 6.92 Å². The number of aryl methyl sites for hydroxylation is 1. The highest BCUT2D eigenvalue weighted by Gasteiger charge is 2.19. The van der Waals surface area contributed by atoms with E-state index in [2.05, 4.69) is 10.3 Å². The first-order valence-electron chi connectivity index (χ1n) is 7.88. The molecule has 6 nitrogen and oxygen atoms in total. The Morgan fingerprint density at radius 2 is 2.04 bits per heavy atom. The fraction of sp³-hybridized carbons (Fsp3) is 0.158. The van der Waals surface area contributed by atoms with Gasteiger partial charge in [0.05, 0.1) is 0 Å². The van der Waals surface area contributed by atoms with Crippen molar-refractivity contribution in [1.29, 1.82) is 0 Å². The normalized spacial score (nSPS) is 12.2. The molecule has 1 N–H and O–H groups in total. The number of hydrogen-bond acceptors (Lipinski definition) is 5. The van der Waals surface area contributed by atoms with Crippen LogP contribution in [0.15, 0.2) is 53.3 Å². The van der Waals surface area contributed by atoms with E-state index in [1.807, 2.05) is 49.4 Å². The number of benzene rings is 2. The van der Waals surface area contributed by atoms with Crippen molar-refractivity contribution < 1.29 is 18.7 Å². The summed E-state index contributed by atoms with van der Waals surface area (Å²) < 4.78 is 16.1. The van der Waals surface area contributed by atoms with E-state index in [0.717, 1.165) is 16.7 Å². The zero-order chi connectivity index (χ0) is 17.2. The molecule has 0 fully saturated rings. The van der Waals surface area contributed by atoms with Crippen molar-refractivity contribution in [2.45, 2.75) is 13.5 Å². The number of nitrogens with zero attached hydrogens (tertiary/aromatic N) is 1. The highest BCUT2D eigenvalue weighted by atomic mass is 16.7. The van der Waals surface area contributed by atoms with Crippen LogP contribution in [-0.4, -0.2) is 17.7 Å². The molecule has 0 bridgehead atoms. The van der Waals surface area contributed by atoms with Crippen molar-refractivity contribution in [3.63, 3.8) is 0 Å². The number of carbonyl (C=O) groups is 1. The second-order valence-electron chi connectivity index (χ2n) is 5.77. The third-order valence-corrected chi connectivity index (χ3v) is 3.95. The van der Waals surface area contributed by atoms with Gasteiger partial charge < -0.3 is 19.2 Å². The Hall–Kier alpha value is -3.28. The number of carbonyl (C=O) groups excluding carboxylic acids is 1. The van der Waals surface area contributed by atoms with Gasteiger partial charge in [-0.05, 0) is 30.7 Å². The van der Waals surface area contributed by atoms with Crippen LogP contribution >= 0.6 is 0 Å². The van der Waals surface area contributed by atoms with E-state index in [1.54, 1.807) is 0 Å². The quantitative estimate of drug-likeness (QED) is 0.791. The first-order chi connectivity index (χ1) is 12.2. The van der Waals surface area contributed by atoms with Gasteiger partial charge in [-0.15, -0.1) is 0 Å². The minimum absolute atomic E-state index is 0.226. The maximum Gasteiger partial charge on any atom is 0.274 e. The van der Waals surface area contributed by atoms with Gasteiger partial charge in [-0.1, -0.05) is 29.8 Å². The predicted molar refractivity (Wildman–Crippen MR) is 90.4 cm³/mol. The van der Waals surface area contributed by atoms with Gasteiger partial charge >= 0.3 is 0 Å². The summed E-state index contributed by atoms with van der Waals surface area (Å²) in [4.78, 5) is 16.6. The van der Waals surface area contributed by atoms with E-state index in [9.17, 15) is 4.79 Å². The molecule has 2 heterocycles. The maximum absolute atomic E-state index is 12.5. The van der Waals surface area contributed by atoms with E-state index in [-0.39, 0.29) is 18.4 Å². The van der Waals surface area contributed by atoms with Gasteiger partial charge in [-0.2, -0.15) is 0 Å². The van der Waals surface area contributed by atoms with Gasteiger partial charge in [0.1, 0.15) is 0 Å². The van der Waals surface area contributed by atoms with E-state index in [1.165, 1.54) is 6.39 Å². The lowest BCUT2D eigenvalue weighted by Gasteiger charge is -2.06. The molecule has 1 amide bonds. The van der Waals surface area contributed by atoms with Crippen LogP contribution in [0.5, 0.6) is 11.5 Å². The fourth-order valence-electron chi connectivity index (χ4n) is 2.72. The lowest BCUT2D eigenvalue weighted by atomic mass is 10.1. The molecule has 0 atom stereocenters. The molecule has 0 unspecified atom stereocenters. The Bertz CT molecular complexity index is 933. The average molecular weight is 336 g/mol. The summed E-state index contributed by atoms with van der Waals surface area (Å²) >= 11 is 0. The number of amides is 1. The number of oxazole rings is 1. The van der Waals surface area contributed by atoms with Gasteiger partial charge in [0.2, 0.25) is 6.79 Å². The van der Waals surface area contributed by atoms with Crippen LogP contribution in [0.3, 0.4) is 0 Å². The summed E-state index contributed by atoms with van der Waals surface area (Å²) in [5.74, 6) is 1.58. The zero-order valence-electron chi connectivity index (χ0n) is 13.6. The topological polar surface area (TPSA) is 73.6 Å². The summed E-state index contributed by atoms with van der Waals surface area (Å²) in [6, 6.07) is 13.3. The van der Waals surface area contributed by atoms with Crippen LogP contribution in [0.1, 0.15) is 21.6 Å². The van der Waals surface area contributed by atoms with Crippen molar-refractivity contribution in [2.24, 2.45) is 0 Å². The average Bonchev–Trinajstić information content (AvgIpc) is 3.28. The third kappa shape index (κ3) is 3.06. The fourth-order valence-corrected chi connectivity index (χ4v) is 2.72. The Morgan fingerprint density at radius 1 is 1.16 bits per heavy atom. The molecule has 3 aromatic rings. The molecule has 6 heteroatoms. The number of ether oxygens (including phenoxy) is 2. The molecule has 25 heavy (non-hydrogen) atoms. The maximum atomic E-state index is 12.5. The van der Waals surface area contributed by atoms with Crippen molar-refractivity contribution in [2.75, 3.05) is 6.79 Å².